The van der Waals surface area contributed by atoms with Gasteiger partial charge in [0.2, 0.25) is 0 Å². The maximum Gasteiger partial charge on any atom is 0.123 e. The van der Waals surface area contributed by atoms with Gasteiger partial charge in [0.05, 0.1) is 18.2 Å². The molecule has 1 aromatic rings. The van der Waals surface area contributed by atoms with Crippen LogP contribution in [0.2, 0.25) is 0 Å². The molecule has 0 saturated carbocycles. The van der Waals surface area contributed by atoms with Gasteiger partial charge in [-0.1, -0.05) is 12.1 Å². The van der Waals surface area contributed by atoms with Gasteiger partial charge >= 0.3 is 0 Å². The van der Waals surface area contributed by atoms with Gasteiger partial charge in [-0.25, -0.2) is 0 Å². The van der Waals surface area contributed by atoms with Crippen LogP contribution in [0.4, 0.5) is 0 Å². The van der Waals surface area contributed by atoms with Crippen LogP contribution in [0.15, 0.2) is 30.9 Å². The topological polar surface area (TPSA) is 33.0 Å². The number of hydrogen-bond acceptors (Lipinski definition) is 2. The zero-order valence-corrected chi connectivity index (χ0v) is 8.29. The summed E-state index contributed by atoms with van der Waals surface area (Å²) in [6, 6.07) is 7.53. The Kier molecular flexibility index (Phi) is 3.75. The fraction of sp³-hybridized carbons (Fsp3) is 0.250. The van der Waals surface area contributed by atoms with Crippen LogP contribution in [-0.4, -0.2) is 6.61 Å². The second-order valence-corrected chi connectivity index (χ2v) is 3.02. The van der Waals surface area contributed by atoms with Gasteiger partial charge in [0.25, 0.3) is 0 Å². The van der Waals surface area contributed by atoms with E-state index in [0.717, 1.165) is 17.7 Å². The van der Waals surface area contributed by atoms with Crippen LogP contribution in [-0.2, 0) is 0 Å². The van der Waals surface area contributed by atoms with E-state index >= 15 is 0 Å². The lowest BCUT2D eigenvalue weighted by Gasteiger charge is -2.07. The minimum Gasteiger partial charge on any atom is -0.493 e. The van der Waals surface area contributed by atoms with Gasteiger partial charge in [0, 0.05) is 0 Å². The Bertz CT molecular complexity index is 363. The van der Waals surface area contributed by atoms with Gasteiger partial charge in [-0.2, -0.15) is 5.26 Å². The van der Waals surface area contributed by atoms with Crippen molar-refractivity contribution in [1.29, 1.82) is 5.26 Å². The van der Waals surface area contributed by atoms with Gasteiger partial charge in [-0.3, -0.25) is 0 Å². The molecule has 0 heterocycles. The highest BCUT2D eigenvalue weighted by molar-refractivity contribution is 5.41. The number of ether oxygens (including phenoxy) is 1. The van der Waals surface area contributed by atoms with E-state index in [0.29, 0.717) is 12.2 Å². The van der Waals surface area contributed by atoms with Crippen molar-refractivity contribution in [2.75, 3.05) is 6.61 Å². The third kappa shape index (κ3) is 2.63. The number of aryl methyl sites for hydroxylation is 1. The highest BCUT2D eigenvalue weighted by Gasteiger charge is 2.00. The standard InChI is InChI=1S/C12H13NO/c1-3-4-7-14-12-8-11(9-13)6-5-10(12)2/h3,5-6,8H,1,4,7H2,2H3. The minimum absolute atomic E-state index is 0.610. The Hall–Kier alpha value is -1.75. The fourth-order valence-corrected chi connectivity index (χ4v) is 1.08. The molecule has 0 atom stereocenters. The van der Waals surface area contributed by atoms with Crippen LogP contribution in [0.25, 0.3) is 0 Å². The molecule has 14 heavy (non-hydrogen) atoms. The lowest BCUT2D eigenvalue weighted by molar-refractivity contribution is 0.323. The zero-order valence-electron chi connectivity index (χ0n) is 8.29. The Morgan fingerprint density at radius 3 is 3.00 bits per heavy atom. The van der Waals surface area contributed by atoms with E-state index in [4.69, 9.17) is 10.00 Å². The van der Waals surface area contributed by atoms with Crippen LogP contribution < -0.4 is 4.74 Å². The first-order valence-electron chi connectivity index (χ1n) is 4.52. The summed E-state index contributed by atoms with van der Waals surface area (Å²) in [6.07, 6.45) is 2.62. The maximum absolute atomic E-state index is 8.70. The van der Waals surface area contributed by atoms with E-state index < -0.39 is 0 Å². The summed E-state index contributed by atoms with van der Waals surface area (Å²) >= 11 is 0. The number of nitriles is 1. The molecule has 0 unspecified atom stereocenters. The van der Waals surface area contributed by atoms with Crippen molar-refractivity contribution in [3.63, 3.8) is 0 Å². The van der Waals surface area contributed by atoms with E-state index in [1.807, 2.05) is 19.1 Å². The predicted octanol–water partition coefficient (Wildman–Crippen LogP) is 2.82. The Morgan fingerprint density at radius 2 is 2.36 bits per heavy atom. The Morgan fingerprint density at radius 1 is 1.57 bits per heavy atom. The molecular formula is C12H13NO. The monoisotopic (exact) mass is 187 g/mol. The third-order valence-corrected chi connectivity index (χ3v) is 1.90. The van der Waals surface area contributed by atoms with Crippen LogP contribution in [0, 0.1) is 18.3 Å². The summed E-state index contributed by atoms with van der Waals surface area (Å²) in [4.78, 5) is 0. The molecular weight excluding hydrogens is 174 g/mol. The van der Waals surface area contributed by atoms with Crippen molar-refractivity contribution >= 4 is 0 Å². The Labute approximate surface area is 84.4 Å². The van der Waals surface area contributed by atoms with Crippen molar-refractivity contribution < 1.29 is 4.74 Å². The molecule has 0 aliphatic heterocycles. The van der Waals surface area contributed by atoms with Crippen molar-refractivity contribution in [2.24, 2.45) is 0 Å². The number of nitrogens with zero attached hydrogens (tertiary/aromatic N) is 1. The molecule has 0 radical (unpaired) electrons. The molecule has 0 aliphatic carbocycles. The smallest absolute Gasteiger partial charge is 0.123 e. The lowest BCUT2D eigenvalue weighted by atomic mass is 10.1. The molecule has 0 fully saturated rings. The lowest BCUT2D eigenvalue weighted by Crippen LogP contribution is -1.97. The van der Waals surface area contributed by atoms with Gasteiger partial charge in [0.15, 0.2) is 0 Å². The summed E-state index contributed by atoms with van der Waals surface area (Å²) in [7, 11) is 0. The average molecular weight is 187 g/mol. The zero-order chi connectivity index (χ0) is 10.4. The highest BCUT2D eigenvalue weighted by Crippen LogP contribution is 2.19. The summed E-state index contributed by atoms with van der Waals surface area (Å²) in [5.74, 6) is 0.783. The molecule has 0 bridgehead atoms. The number of benzene rings is 1. The minimum atomic E-state index is 0.610. The fourth-order valence-electron chi connectivity index (χ4n) is 1.08. The molecule has 0 saturated heterocycles. The third-order valence-electron chi connectivity index (χ3n) is 1.90. The van der Waals surface area contributed by atoms with Gasteiger partial charge in [0.1, 0.15) is 5.75 Å². The molecule has 0 spiro atoms. The van der Waals surface area contributed by atoms with Crippen LogP contribution >= 0.6 is 0 Å². The first-order valence-corrected chi connectivity index (χ1v) is 4.52. The van der Waals surface area contributed by atoms with Crippen molar-refractivity contribution in [2.45, 2.75) is 13.3 Å². The van der Waals surface area contributed by atoms with E-state index in [1.165, 1.54) is 0 Å². The molecule has 1 aromatic carbocycles. The molecule has 2 heteroatoms. The van der Waals surface area contributed by atoms with E-state index in [-0.39, 0.29) is 0 Å². The second kappa shape index (κ2) is 5.08. The van der Waals surface area contributed by atoms with Gasteiger partial charge in [-0.05, 0) is 31.0 Å². The summed E-state index contributed by atoms with van der Waals surface area (Å²) in [5.41, 5.74) is 1.68. The van der Waals surface area contributed by atoms with Crippen molar-refractivity contribution in [1.82, 2.24) is 0 Å². The highest BCUT2D eigenvalue weighted by atomic mass is 16.5. The van der Waals surface area contributed by atoms with Gasteiger partial charge < -0.3 is 4.74 Å². The first-order chi connectivity index (χ1) is 6.77. The molecule has 0 aliphatic rings. The van der Waals surface area contributed by atoms with Crippen LogP contribution in [0.3, 0.4) is 0 Å². The van der Waals surface area contributed by atoms with Crippen molar-refractivity contribution in [3.05, 3.63) is 42.0 Å². The first kappa shape index (κ1) is 10.3. The summed E-state index contributed by atoms with van der Waals surface area (Å²) < 4.78 is 5.50. The second-order valence-electron chi connectivity index (χ2n) is 3.02. The SMILES string of the molecule is C=CCCOc1cc(C#N)ccc1C. The molecule has 0 aromatic heterocycles. The largest absolute Gasteiger partial charge is 0.493 e. The van der Waals surface area contributed by atoms with Crippen LogP contribution in [0.5, 0.6) is 5.75 Å². The average Bonchev–Trinajstić information content (AvgIpc) is 2.21. The molecule has 0 amide bonds. The van der Waals surface area contributed by atoms with Crippen LogP contribution in [0.1, 0.15) is 17.5 Å². The predicted molar refractivity (Wildman–Crippen MR) is 56.2 cm³/mol. The van der Waals surface area contributed by atoms with Crippen molar-refractivity contribution in [3.8, 4) is 11.8 Å². The number of hydrogen-bond donors (Lipinski definition) is 0. The Balaban J connectivity index is 2.74. The van der Waals surface area contributed by atoms with Gasteiger partial charge in [-0.15, -0.1) is 6.58 Å². The molecule has 0 N–H and O–H groups in total. The normalized spacial score (nSPS) is 9.14. The quantitative estimate of drug-likeness (QED) is 0.536. The van der Waals surface area contributed by atoms with E-state index in [2.05, 4.69) is 12.6 Å². The van der Waals surface area contributed by atoms with E-state index in [1.54, 1.807) is 12.1 Å². The summed E-state index contributed by atoms with van der Waals surface area (Å²) in [5, 5.41) is 8.70. The maximum atomic E-state index is 8.70. The van der Waals surface area contributed by atoms with E-state index in [9.17, 15) is 0 Å². The molecule has 72 valence electrons. The molecule has 2 nitrogen and oxygen atoms in total. The molecule has 1 rings (SSSR count). The summed E-state index contributed by atoms with van der Waals surface area (Å²) in [6.45, 7) is 6.19. The number of rotatable bonds is 4.